The molecule has 0 aliphatic carbocycles. The molecule has 3 nitrogen and oxygen atoms in total. The van der Waals surface area contributed by atoms with Gasteiger partial charge in [0.25, 0.3) is 0 Å². The van der Waals surface area contributed by atoms with Crippen LogP contribution in [0.5, 0.6) is 5.75 Å². The maximum absolute atomic E-state index is 5.16. The predicted molar refractivity (Wildman–Crippen MR) is 69.2 cm³/mol. The van der Waals surface area contributed by atoms with E-state index in [1.54, 1.807) is 7.11 Å². The molecule has 0 unspecified atom stereocenters. The molecule has 0 atom stereocenters. The zero-order chi connectivity index (χ0) is 11.9. The zero-order valence-corrected chi connectivity index (χ0v) is 10.2. The third kappa shape index (κ3) is 3.77. The molecule has 0 saturated carbocycles. The highest BCUT2D eigenvalue weighted by molar-refractivity contribution is 5.39. The Morgan fingerprint density at radius 3 is 2.94 bits per heavy atom. The van der Waals surface area contributed by atoms with Crippen LogP contribution in [-0.2, 0) is 0 Å². The van der Waals surface area contributed by atoms with Crippen LogP contribution in [-0.4, -0.2) is 44.7 Å². The molecule has 3 heteroatoms. The van der Waals surface area contributed by atoms with Crippen LogP contribution in [0.2, 0.25) is 0 Å². The van der Waals surface area contributed by atoms with Gasteiger partial charge in [0.2, 0.25) is 0 Å². The second kappa shape index (κ2) is 6.29. The Labute approximate surface area is 103 Å². The highest BCUT2D eigenvalue weighted by Crippen LogP contribution is 2.11. The number of benzene rings is 1. The maximum Gasteiger partial charge on any atom is 0.120 e. The molecule has 0 amide bonds. The van der Waals surface area contributed by atoms with E-state index in [1.807, 2.05) is 24.3 Å². The van der Waals surface area contributed by atoms with Gasteiger partial charge in [-0.15, -0.1) is 0 Å². The molecular weight excluding hydrogens is 212 g/mol. The van der Waals surface area contributed by atoms with Crippen molar-refractivity contribution in [2.45, 2.75) is 0 Å². The van der Waals surface area contributed by atoms with Gasteiger partial charge in [0.1, 0.15) is 5.75 Å². The molecule has 17 heavy (non-hydrogen) atoms. The summed E-state index contributed by atoms with van der Waals surface area (Å²) < 4.78 is 5.16. The smallest absolute Gasteiger partial charge is 0.120 e. The topological polar surface area (TPSA) is 24.5 Å². The summed E-state index contributed by atoms with van der Waals surface area (Å²) in [6.07, 6.45) is 0. The van der Waals surface area contributed by atoms with E-state index in [2.05, 4.69) is 22.1 Å². The first-order valence-corrected chi connectivity index (χ1v) is 5.94. The van der Waals surface area contributed by atoms with Gasteiger partial charge in [0.15, 0.2) is 0 Å². The van der Waals surface area contributed by atoms with Gasteiger partial charge in [-0.2, -0.15) is 0 Å². The molecule has 1 aromatic carbocycles. The van der Waals surface area contributed by atoms with E-state index in [1.165, 1.54) is 0 Å². The molecule has 1 aromatic rings. The molecule has 1 N–H and O–H groups in total. The summed E-state index contributed by atoms with van der Waals surface area (Å²) in [5.74, 6) is 7.25. The fourth-order valence-corrected chi connectivity index (χ4v) is 1.82. The normalized spacial score (nSPS) is 16.1. The third-order valence-electron chi connectivity index (χ3n) is 2.81. The van der Waals surface area contributed by atoms with Gasteiger partial charge in [-0.25, -0.2) is 0 Å². The van der Waals surface area contributed by atoms with Gasteiger partial charge < -0.3 is 10.1 Å². The van der Waals surface area contributed by atoms with E-state index in [0.717, 1.165) is 44.0 Å². The second-order valence-corrected chi connectivity index (χ2v) is 4.06. The fraction of sp³-hybridized carbons (Fsp3) is 0.429. The summed E-state index contributed by atoms with van der Waals surface area (Å²) >= 11 is 0. The van der Waals surface area contributed by atoms with Crippen molar-refractivity contribution in [1.29, 1.82) is 0 Å². The largest absolute Gasteiger partial charge is 0.497 e. The molecule has 2 rings (SSSR count). The second-order valence-electron chi connectivity index (χ2n) is 4.06. The number of nitrogens with one attached hydrogen (secondary N) is 1. The van der Waals surface area contributed by atoms with E-state index in [4.69, 9.17) is 4.74 Å². The minimum atomic E-state index is 0.846. The number of piperazine rings is 1. The molecular formula is C14H18N2O. The van der Waals surface area contributed by atoms with Crippen molar-refractivity contribution in [3.05, 3.63) is 29.8 Å². The molecule has 1 saturated heterocycles. The minimum absolute atomic E-state index is 0.846. The number of hydrogen-bond donors (Lipinski definition) is 1. The Bertz CT molecular complexity index is 414. The molecule has 1 fully saturated rings. The Morgan fingerprint density at radius 2 is 2.18 bits per heavy atom. The first-order valence-electron chi connectivity index (χ1n) is 5.94. The van der Waals surface area contributed by atoms with Gasteiger partial charge in [0.05, 0.1) is 13.7 Å². The number of ether oxygens (including phenoxy) is 1. The van der Waals surface area contributed by atoms with Crippen molar-refractivity contribution in [2.24, 2.45) is 0 Å². The van der Waals surface area contributed by atoms with Crippen molar-refractivity contribution < 1.29 is 4.74 Å². The standard InChI is InChI=1S/C14H18N2O/c1-17-14-6-2-4-13(12-14)5-3-9-16-10-7-15-8-11-16/h2,4,6,12,15H,7-11H2,1H3. The van der Waals surface area contributed by atoms with Crippen LogP contribution in [0.4, 0.5) is 0 Å². The molecule has 90 valence electrons. The first kappa shape index (κ1) is 12.0. The predicted octanol–water partition coefficient (Wildman–Crippen LogP) is 0.952. The van der Waals surface area contributed by atoms with Gasteiger partial charge in [-0.05, 0) is 18.2 Å². The van der Waals surface area contributed by atoms with E-state index < -0.39 is 0 Å². The number of nitrogens with zero attached hydrogens (tertiary/aromatic N) is 1. The van der Waals surface area contributed by atoms with Crippen LogP contribution < -0.4 is 10.1 Å². The summed E-state index contributed by atoms with van der Waals surface area (Å²) in [5, 5.41) is 3.33. The van der Waals surface area contributed by atoms with E-state index in [9.17, 15) is 0 Å². The van der Waals surface area contributed by atoms with Crippen molar-refractivity contribution in [2.75, 3.05) is 39.8 Å². The average Bonchev–Trinajstić information content (AvgIpc) is 2.40. The van der Waals surface area contributed by atoms with Crippen LogP contribution in [0, 0.1) is 11.8 Å². The quantitative estimate of drug-likeness (QED) is 0.766. The zero-order valence-electron chi connectivity index (χ0n) is 10.2. The molecule has 1 aliphatic heterocycles. The van der Waals surface area contributed by atoms with Crippen molar-refractivity contribution >= 4 is 0 Å². The summed E-state index contributed by atoms with van der Waals surface area (Å²) in [5.41, 5.74) is 1.01. The van der Waals surface area contributed by atoms with Gasteiger partial charge in [-0.1, -0.05) is 17.9 Å². The van der Waals surface area contributed by atoms with Crippen molar-refractivity contribution in [1.82, 2.24) is 10.2 Å². The van der Waals surface area contributed by atoms with Gasteiger partial charge in [-0.3, -0.25) is 4.90 Å². The number of methoxy groups -OCH3 is 1. The lowest BCUT2D eigenvalue weighted by Gasteiger charge is -2.24. The summed E-state index contributed by atoms with van der Waals surface area (Å²) in [6, 6.07) is 7.87. The lowest BCUT2D eigenvalue weighted by atomic mass is 10.2. The summed E-state index contributed by atoms with van der Waals surface area (Å²) in [4.78, 5) is 2.36. The highest BCUT2D eigenvalue weighted by Gasteiger charge is 2.06. The maximum atomic E-state index is 5.16. The average molecular weight is 230 g/mol. The summed E-state index contributed by atoms with van der Waals surface area (Å²) in [6.45, 7) is 5.17. The Morgan fingerprint density at radius 1 is 1.35 bits per heavy atom. The van der Waals surface area contributed by atoms with Crippen molar-refractivity contribution in [3.8, 4) is 17.6 Å². The summed E-state index contributed by atoms with van der Waals surface area (Å²) in [7, 11) is 1.67. The molecule has 0 bridgehead atoms. The number of rotatable bonds is 2. The fourth-order valence-electron chi connectivity index (χ4n) is 1.82. The molecule has 0 radical (unpaired) electrons. The van der Waals surface area contributed by atoms with E-state index in [-0.39, 0.29) is 0 Å². The van der Waals surface area contributed by atoms with Crippen LogP contribution in [0.3, 0.4) is 0 Å². The molecule has 1 aliphatic rings. The number of hydrogen-bond acceptors (Lipinski definition) is 3. The molecule has 1 heterocycles. The van der Waals surface area contributed by atoms with Crippen LogP contribution in [0.15, 0.2) is 24.3 Å². The highest BCUT2D eigenvalue weighted by atomic mass is 16.5. The Hall–Kier alpha value is -1.50. The van der Waals surface area contributed by atoms with E-state index >= 15 is 0 Å². The monoisotopic (exact) mass is 230 g/mol. The van der Waals surface area contributed by atoms with Crippen LogP contribution in [0.1, 0.15) is 5.56 Å². The van der Waals surface area contributed by atoms with Crippen LogP contribution >= 0.6 is 0 Å². The molecule has 0 spiro atoms. The van der Waals surface area contributed by atoms with Gasteiger partial charge >= 0.3 is 0 Å². The van der Waals surface area contributed by atoms with Crippen molar-refractivity contribution in [3.63, 3.8) is 0 Å². The lowest BCUT2D eigenvalue weighted by molar-refractivity contribution is 0.268. The third-order valence-corrected chi connectivity index (χ3v) is 2.81. The Balaban J connectivity index is 1.91. The Kier molecular flexibility index (Phi) is 4.43. The van der Waals surface area contributed by atoms with E-state index in [0.29, 0.717) is 0 Å². The lowest BCUT2D eigenvalue weighted by Crippen LogP contribution is -2.43. The molecule has 0 aromatic heterocycles. The minimum Gasteiger partial charge on any atom is -0.497 e. The van der Waals surface area contributed by atoms with Gasteiger partial charge in [0, 0.05) is 31.7 Å². The first-order chi connectivity index (χ1) is 8.38. The SMILES string of the molecule is COc1cccc(C#CCN2CCNCC2)c1. The van der Waals surface area contributed by atoms with Crippen LogP contribution in [0.25, 0.3) is 0 Å².